The second-order valence-electron chi connectivity index (χ2n) is 5.60. The minimum Gasteiger partial charge on any atom is -0.314 e. The molecule has 108 valence electrons. The van der Waals surface area contributed by atoms with E-state index in [9.17, 15) is 0 Å². The standard InChI is InChI=1S/C16H28N2S/c1-3-11-17-14-7-9-15(10-8-14)18(4-2)13-16-6-5-12-19-16/h5-6,12,14-15,17H,3-4,7-11,13H2,1-2H3. The highest BCUT2D eigenvalue weighted by Crippen LogP contribution is 2.25. The highest BCUT2D eigenvalue weighted by molar-refractivity contribution is 7.09. The van der Waals surface area contributed by atoms with Crippen LogP contribution in [-0.4, -0.2) is 30.1 Å². The first kappa shape index (κ1) is 15.0. The summed E-state index contributed by atoms with van der Waals surface area (Å²) in [6.45, 7) is 8.05. The van der Waals surface area contributed by atoms with Crippen LogP contribution in [-0.2, 0) is 6.54 Å². The average Bonchev–Trinajstić information content (AvgIpc) is 2.96. The van der Waals surface area contributed by atoms with Crippen LogP contribution in [0.2, 0.25) is 0 Å². The molecule has 1 heterocycles. The molecule has 0 unspecified atom stereocenters. The summed E-state index contributed by atoms with van der Waals surface area (Å²) in [7, 11) is 0. The zero-order valence-electron chi connectivity index (χ0n) is 12.4. The van der Waals surface area contributed by atoms with Crippen LogP contribution in [0.1, 0.15) is 50.8 Å². The van der Waals surface area contributed by atoms with E-state index in [2.05, 4.69) is 41.6 Å². The van der Waals surface area contributed by atoms with Crippen molar-refractivity contribution < 1.29 is 0 Å². The Bertz CT molecular complexity index is 329. The van der Waals surface area contributed by atoms with Gasteiger partial charge in [-0.1, -0.05) is 19.9 Å². The topological polar surface area (TPSA) is 15.3 Å². The molecule has 1 aromatic rings. The van der Waals surface area contributed by atoms with Gasteiger partial charge in [0.05, 0.1) is 0 Å². The lowest BCUT2D eigenvalue weighted by Gasteiger charge is -2.36. The van der Waals surface area contributed by atoms with Crippen LogP contribution in [0.15, 0.2) is 17.5 Å². The first-order valence-electron chi connectivity index (χ1n) is 7.83. The van der Waals surface area contributed by atoms with E-state index in [-0.39, 0.29) is 0 Å². The molecule has 0 spiro atoms. The molecule has 0 aliphatic heterocycles. The van der Waals surface area contributed by atoms with E-state index in [4.69, 9.17) is 0 Å². The number of nitrogens with zero attached hydrogens (tertiary/aromatic N) is 1. The van der Waals surface area contributed by atoms with Crippen molar-refractivity contribution in [1.29, 1.82) is 0 Å². The molecule has 1 aliphatic rings. The van der Waals surface area contributed by atoms with Gasteiger partial charge in [-0.05, 0) is 56.6 Å². The summed E-state index contributed by atoms with van der Waals surface area (Å²) in [5.41, 5.74) is 0. The van der Waals surface area contributed by atoms with Gasteiger partial charge < -0.3 is 5.32 Å². The van der Waals surface area contributed by atoms with Crippen LogP contribution in [0.4, 0.5) is 0 Å². The molecule has 0 bridgehead atoms. The molecule has 0 radical (unpaired) electrons. The molecule has 1 saturated carbocycles. The van der Waals surface area contributed by atoms with E-state index in [1.807, 2.05) is 11.3 Å². The molecule has 0 saturated heterocycles. The van der Waals surface area contributed by atoms with Gasteiger partial charge in [-0.15, -0.1) is 11.3 Å². The molecule has 0 aromatic carbocycles. The van der Waals surface area contributed by atoms with Gasteiger partial charge in [0.15, 0.2) is 0 Å². The Hall–Kier alpha value is -0.380. The number of hydrogen-bond donors (Lipinski definition) is 1. The minimum absolute atomic E-state index is 0.775. The first-order valence-corrected chi connectivity index (χ1v) is 8.71. The molecule has 19 heavy (non-hydrogen) atoms. The maximum absolute atomic E-state index is 3.68. The van der Waals surface area contributed by atoms with Crippen LogP contribution in [0.25, 0.3) is 0 Å². The summed E-state index contributed by atoms with van der Waals surface area (Å²) >= 11 is 1.89. The van der Waals surface area contributed by atoms with Crippen molar-refractivity contribution in [2.45, 2.75) is 64.6 Å². The van der Waals surface area contributed by atoms with Crippen molar-refractivity contribution in [3.63, 3.8) is 0 Å². The monoisotopic (exact) mass is 280 g/mol. The zero-order valence-corrected chi connectivity index (χ0v) is 13.2. The highest BCUT2D eigenvalue weighted by Gasteiger charge is 2.24. The Morgan fingerprint density at radius 3 is 2.63 bits per heavy atom. The fourth-order valence-corrected chi connectivity index (χ4v) is 3.82. The van der Waals surface area contributed by atoms with Crippen LogP contribution in [0.5, 0.6) is 0 Å². The number of hydrogen-bond acceptors (Lipinski definition) is 3. The molecule has 0 atom stereocenters. The van der Waals surface area contributed by atoms with Gasteiger partial charge in [0.2, 0.25) is 0 Å². The summed E-state index contributed by atoms with van der Waals surface area (Å²) < 4.78 is 0. The Morgan fingerprint density at radius 2 is 2.05 bits per heavy atom. The Morgan fingerprint density at radius 1 is 1.26 bits per heavy atom. The molecule has 2 rings (SSSR count). The normalized spacial score (nSPS) is 23.9. The fraction of sp³-hybridized carbons (Fsp3) is 0.750. The predicted molar refractivity (Wildman–Crippen MR) is 84.7 cm³/mol. The molecule has 1 aliphatic carbocycles. The van der Waals surface area contributed by atoms with Crippen molar-refractivity contribution in [2.24, 2.45) is 0 Å². The van der Waals surface area contributed by atoms with Gasteiger partial charge in [-0.2, -0.15) is 0 Å². The number of nitrogens with one attached hydrogen (secondary N) is 1. The van der Waals surface area contributed by atoms with Crippen molar-refractivity contribution >= 4 is 11.3 Å². The molecule has 2 nitrogen and oxygen atoms in total. The molecule has 1 fully saturated rings. The SMILES string of the molecule is CCCNC1CCC(N(CC)Cc2cccs2)CC1. The number of thiophene rings is 1. The van der Waals surface area contributed by atoms with E-state index >= 15 is 0 Å². The van der Waals surface area contributed by atoms with Gasteiger partial charge in [-0.3, -0.25) is 4.90 Å². The minimum atomic E-state index is 0.775. The first-order chi connectivity index (χ1) is 9.33. The highest BCUT2D eigenvalue weighted by atomic mass is 32.1. The molecular formula is C16H28N2S. The fourth-order valence-electron chi connectivity index (χ4n) is 3.10. The van der Waals surface area contributed by atoms with Crippen LogP contribution >= 0.6 is 11.3 Å². The van der Waals surface area contributed by atoms with Gasteiger partial charge in [0, 0.05) is 23.5 Å². The lowest BCUT2D eigenvalue weighted by Crippen LogP contribution is -2.42. The smallest absolute Gasteiger partial charge is 0.0330 e. The molecule has 0 amide bonds. The maximum atomic E-state index is 3.68. The zero-order chi connectivity index (χ0) is 13.5. The van der Waals surface area contributed by atoms with E-state index in [0.29, 0.717) is 0 Å². The van der Waals surface area contributed by atoms with Crippen LogP contribution in [0, 0.1) is 0 Å². The van der Waals surface area contributed by atoms with E-state index in [1.54, 1.807) is 0 Å². The average molecular weight is 280 g/mol. The third-order valence-electron chi connectivity index (χ3n) is 4.24. The third-order valence-corrected chi connectivity index (χ3v) is 5.10. The lowest BCUT2D eigenvalue weighted by atomic mass is 9.90. The van der Waals surface area contributed by atoms with E-state index in [1.165, 1.54) is 50.1 Å². The summed E-state index contributed by atoms with van der Waals surface area (Å²) in [6.07, 6.45) is 6.68. The lowest BCUT2D eigenvalue weighted by molar-refractivity contribution is 0.144. The van der Waals surface area contributed by atoms with E-state index in [0.717, 1.165) is 18.6 Å². The predicted octanol–water partition coefficient (Wildman–Crippen LogP) is 3.88. The summed E-state index contributed by atoms with van der Waals surface area (Å²) in [5, 5.41) is 5.87. The molecule has 1 N–H and O–H groups in total. The van der Waals surface area contributed by atoms with Gasteiger partial charge in [-0.25, -0.2) is 0 Å². The van der Waals surface area contributed by atoms with Crippen LogP contribution in [0.3, 0.4) is 0 Å². The van der Waals surface area contributed by atoms with Gasteiger partial charge in [0.25, 0.3) is 0 Å². The quantitative estimate of drug-likeness (QED) is 0.815. The molecular weight excluding hydrogens is 252 g/mol. The Labute approximate surface area is 122 Å². The van der Waals surface area contributed by atoms with Crippen molar-refractivity contribution in [3.8, 4) is 0 Å². The van der Waals surface area contributed by atoms with Crippen molar-refractivity contribution in [1.82, 2.24) is 10.2 Å². The van der Waals surface area contributed by atoms with E-state index < -0.39 is 0 Å². The Balaban J connectivity index is 1.78. The summed E-state index contributed by atoms with van der Waals surface area (Å²) in [5.74, 6) is 0. The third kappa shape index (κ3) is 4.59. The maximum Gasteiger partial charge on any atom is 0.0330 e. The Kier molecular flexibility index (Phi) is 6.35. The molecule has 1 aromatic heterocycles. The number of rotatable bonds is 7. The molecule has 3 heteroatoms. The summed E-state index contributed by atoms with van der Waals surface area (Å²) in [4.78, 5) is 4.18. The van der Waals surface area contributed by atoms with Gasteiger partial charge in [0.1, 0.15) is 0 Å². The second-order valence-corrected chi connectivity index (χ2v) is 6.63. The van der Waals surface area contributed by atoms with Gasteiger partial charge >= 0.3 is 0 Å². The van der Waals surface area contributed by atoms with Crippen molar-refractivity contribution in [3.05, 3.63) is 22.4 Å². The second kappa shape index (κ2) is 8.03. The van der Waals surface area contributed by atoms with Crippen molar-refractivity contribution in [2.75, 3.05) is 13.1 Å². The van der Waals surface area contributed by atoms with Crippen LogP contribution < -0.4 is 5.32 Å². The summed E-state index contributed by atoms with van der Waals surface area (Å²) in [6, 6.07) is 6.00. The largest absolute Gasteiger partial charge is 0.314 e.